The Bertz CT molecular complexity index is 1100. The minimum absolute atomic E-state index is 0.182. The van der Waals surface area contributed by atoms with Crippen LogP contribution in [0.3, 0.4) is 0 Å². The smallest absolute Gasteiger partial charge is 0.258 e. The van der Waals surface area contributed by atoms with Gasteiger partial charge in [0.05, 0.1) is 31.7 Å². The number of aromatic nitrogens is 2. The highest BCUT2D eigenvalue weighted by Gasteiger charge is 2.12. The van der Waals surface area contributed by atoms with Crippen LogP contribution >= 0.6 is 0 Å². The highest BCUT2D eigenvalue weighted by Crippen LogP contribution is 2.28. The summed E-state index contributed by atoms with van der Waals surface area (Å²) in [7, 11) is 3.13. The van der Waals surface area contributed by atoms with Crippen molar-refractivity contribution in [1.82, 2.24) is 14.9 Å². The number of aromatic amines is 1. The van der Waals surface area contributed by atoms with Crippen molar-refractivity contribution in [2.45, 2.75) is 13.5 Å². The highest BCUT2D eigenvalue weighted by atomic mass is 16.5. The molecule has 0 atom stereocenters. The van der Waals surface area contributed by atoms with Gasteiger partial charge in [0.2, 0.25) is 5.91 Å². The van der Waals surface area contributed by atoms with Gasteiger partial charge in [0.25, 0.3) is 5.56 Å². The Morgan fingerprint density at radius 1 is 1.14 bits per heavy atom. The minimum Gasteiger partial charge on any atom is -0.493 e. The number of nitrogens with one attached hydrogen (secondary N) is 1. The molecule has 29 heavy (non-hydrogen) atoms. The molecule has 0 bridgehead atoms. The fraction of sp³-hybridized carbons (Fsp3) is 0.227. The van der Waals surface area contributed by atoms with E-state index in [1.54, 1.807) is 55.5 Å². The maximum absolute atomic E-state index is 12.6. The Balaban J connectivity index is 1.77. The molecular weight excluding hydrogens is 370 g/mol. The normalized spacial score (nSPS) is 11.0. The van der Waals surface area contributed by atoms with Gasteiger partial charge < -0.3 is 19.4 Å². The number of amides is 1. The van der Waals surface area contributed by atoms with E-state index in [-0.39, 0.29) is 18.0 Å². The zero-order valence-corrected chi connectivity index (χ0v) is 16.6. The van der Waals surface area contributed by atoms with E-state index in [2.05, 4.69) is 9.97 Å². The molecule has 150 valence electrons. The molecule has 3 aromatic rings. The summed E-state index contributed by atoms with van der Waals surface area (Å²) in [6, 6.07) is 12.5. The predicted octanol–water partition coefficient (Wildman–Crippen LogP) is 3.00. The molecule has 0 saturated carbocycles. The van der Waals surface area contributed by atoms with Crippen molar-refractivity contribution in [3.63, 3.8) is 0 Å². The fourth-order valence-corrected chi connectivity index (χ4v) is 2.97. The second-order valence-electron chi connectivity index (χ2n) is 6.33. The topological polar surface area (TPSA) is 84.5 Å². The van der Waals surface area contributed by atoms with Crippen molar-refractivity contribution in [1.29, 1.82) is 0 Å². The lowest BCUT2D eigenvalue weighted by molar-refractivity contribution is -0.126. The lowest BCUT2D eigenvalue weighted by Gasteiger charge is -2.18. The summed E-state index contributed by atoms with van der Waals surface area (Å²) >= 11 is 0. The van der Waals surface area contributed by atoms with Crippen LogP contribution in [0.4, 0.5) is 0 Å². The number of nitrogens with zero attached hydrogens (tertiary/aromatic N) is 2. The van der Waals surface area contributed by atoms with Crippen LogP contribution in [0.5, 0.6) is 11.5 Å². The van der Waals surface area contributed by atoms with Gasteiger partial charge >= 0.3 is 0 Å². The molecule has 0 aliphatic rings. The third-order valence-electron chi connectivity index (χ3n) is 4.52. The summed E-state index contributed by atoms with van der Waals surface area (Å²) in [6.45, 7) is 2.57. The van der Waals surface area contributed by atoms with E-state index in [4.69, 9.17) is 9.47 Å². The van der Waals surface area contributed by atoms with E-state index < -0.39 is 0 Å². The Labute approximate surface area is 168 Å². The first-order valence-corrected chi connectivity index (χ1v) is 9.22. The third kappa shape index (κ3) is 4.63. The van der Waals surface area contributed by atoms with Crippen molar-refractivity contribution in [2.75, 3.05) is 20.8 Å². The van der Waals surface area contributed by atoms with Crippen molar-refractivity contribution in [3.8, 4) is 11.5 Å². The Morgan fingerprint density at radius 3 is 2.62 bits per heavy atom. The van der Waals surface area contributed by atoms with Crippen molar-refractivity contribution in [2.24, 2.45) is 0 Å². The first-order chi connectivity index (χ1) is 14.0. The van der Waals surface area contributed by atoms with Gasteiger partial charge in [-0.3, -0.25) is 9.59 Å². The van der Waals surface area contributed by atoms with Crippen molar-refractivity contribution >= 4 is 22.9 Å². The van der Waals surface area contributed by atoms with Crippen molar-refractivity contribution in [3.05, 3.63) is 70.3 Å². The van der Waals surface area contributed by atoms with Gasteiger partial charge in [-0.05, 0) is 42.8 Å². The summed E-state index contributed by atoms with van der Waals surface area (Å²) in [4.78, 5) is 33.7. The van der Waals surface area contributed by atoms with Crippen LogP contribution in [0, 0.1) is 0 Å². The van der Waals surface area contributed by atoms with Crippen LogP contribution in [-0.2, 0) is 11.3 Å². The van der Waals surface area contributed by atoms with E-state index in [0.717, 1.165) is 5.56 Å². The average molecular weight is 393 g/mol. The summed E-state index contributed by atoms with van der Waals surface area (Å²) in [6.07, 6.45) is 3.20. The lowest BCUT2D eigenvalue weighted by atomic mass is 10.2. The van der Waals surface area contributed by atoms with E-state index in [1.807, 2.05) is 19.1 Å². The van der Waals surface area contributed by atoms with Crippen molar-refractivity contribution < 1.29 is 14.3 Å². The SMILES string of the molecule is CCN(Cc1nc2ccccc2c(=O)[nH]1)C(=O)C=Cc1ccc(OC)c(OC)c1. The molecule has 2 aromatic carbocycles. The molecule has 0 aliphatic carbocycles. The van der Waals surface area contributed by atoms with Gasteiger partial charge in [-0.1, -0.05) is 18.2 Å². The van der Waals surface area contributed by atoms with Crippen LogP contribution < -0.4 is 15.0 Å². The Morgan fingerprint density at radius 2 is 1.90 bits per heavy atom. The number of rotatable bonds is 7. The second-order valence-corrected chi connectivity index (χ2v) is 6.33. The first-order valence-electron chi connectivity index (χ1n) is 9.22. The van der Waals surface area contributed by atoms with E-state index in [0.29, 0.717) is 34.8 Å². The summed E-state index contributed by atoms with van der Waals surface area (Å²) in [5.41, 5.74) is 1.20. The van der Waals surface area contributed by atoms with Crippen LogP contribution in [-0.4, -0.2) is 41.5 Å². The zero-order chi connectivity index (χ0) is 20.8. The van der Waals surface area contributed by atoms with E-state index in [1.165, 1.54) is 6.08 Å². The summed E-state index contributed by atoms with van der Waals surface area (Å²) in [5.74, 6) is 1.48. The molecule has 7 nitrogen and oxygen atoms in total. The zero-order valence-electron chi connectivity index (χ0n) is 16.6. The maximum atomic E-state index is 12.6. The van der Waals surface area contributed by atoms with E-state index in [9.17, 15) is 9.59 Å². The Kier molecular flexibility index (Phi) is 6.29. The van der Waals surface area contributed by atoms with Crippen LogP contribution in [0.25, 0.3) is 17.0 Å². The number of ether oxygens (including phenoxy) is 2. The Hall–Kier alpha value is -3.61. The predicted molar refractivity (Wildman–Crippen MR) is 112 cm³/mol. The second kappa shape index (κ2) is 9.05. The molecule has 1 heterocycles. The number of fused-ring (bicyclic) bond motifs is 1. The minimum atomic E-state index is -0.213. The fourth-order valence-electron chi connectivity index (χ4n) is 2.97. The molecule has 1 amide bonds. The number of likely N-dealkylation sites (N-methyl/N-ethyl adjacent to an activating group) is 1. The van der Waals surface area contributed by atoms with Gasteiger partial charge in [0, 0.05) is 12.6 Å². The van der Waals surface area contributed by atoms with Gasteiger partial charge in [-0.25, -0.2) is 4.98 Å². The molecule has 0 aliphatic heterocycles. The number of benzene rings is 2. The molecule has 0 unspecified atom stereocenters. The average Bonchev–Trinajstić information content (AvgIpc) is 2.75. The molecule has 0 spiro atoms. The van der Waals surface area contributed by atoms with E-state index >= 15 is 0 Å². The standard InChI is InChI=1S/C22H23N3O4/c1-4-25(14-20-23-17-8-6-5-7-16(17)22(27)24-20)21(26)12-10-15-9-11-18(28-2)19(13-15)29-3/h5-13H,4,14H2,1-3H3,(H,23,24,27). The molecule has 0 saturated heterocycles. The number of carbonyl (C=O) groups excluding carboxylic acids is 1. The number of methoxy groups -OCH3 is 2. The molecule has 3 rings (SSSR count). The molecule has 1 aromatic heterocycles. The first kappa shape index (κ1) is 20.1. The highest BCUT2D eigenvalue weighted by molar-refractivity contribution is 5.91. The number of hydrogen-bond donors (Lipinski definition) is 1. The molecule has 7 heteroatoms. The molecule has 0 radical (unpaired) electrons. The summed E-state index contributed by atoms with van der Waals surface area (Å²) in [5, 5.41) is 0.527. The largest absolute Gasteiger partial charge is 0.493 e. The van der Waals surface area contributed by atoms with Crippen LogP contribution in [0.15, 0.2) is 53.3 Å². The lowest BCUT2D eigenvalue weighted by Crippen LogP contribution is -2.30. The molecule has 1 N–H and O–H groups in total. The number of hydrogen-bond acceptors (Lipinski definition) is 5. The maximum Gasteiger partial charge on any atom is 0.258 e. The number of carbonyl (C=O) groups is 1. The molecule has 0 fully saturated rings. The van der Waals surface area contributed by atoms with Gasteiger partial charge in [0.15, 0.2) is 11.5 Å². The number of H-pyrrole nitrogens is 1. The molecular formula is C22H23N3O4. The van der Waals surface area contributed by atoms with Gasteiger partial charge in [0.1, 0.15) is 5.82 Å². The number of para-hydroxylation sites is 1. The van der Waals surface area contributed by atoms with Gasteiger partial charge in [-0.15, -0.1) is 0 Å². The van der Waals surface area contributed by atoms with Crippen LogP contribution in [0.2, 0.25) is 0 Å². The van der Waals surface area contributed by atoms with Crippen LogP contribution in [0.1, 0.15) is 18.3 Å². The third-order valence-corrected chi connectivity index (χ3v) is 4.52. The van der Waals surface area contributed by atoms with Gasteiger partial charge in [-0.2, -0.15) is 0 Å². The summed E-state index contributed by atoms with van der Waals surface area (Å²) < 4.78 is 10.5. The monoisotopic (exact) mass is 393 g/mol. The quantitative estimate of drug-likeness (QED) is 0.624.